The second kappa shape index (κ2) is 5.14. The Labute approximate surface area is 95.7 Å². The standard InChI is InChI=1S/C13H18N2O/c1-2-8-15(16)9-7-11-10-14-13-6-4-3-5-12(11)13/h3-6,10,14,16H,2,7-9H2,1H3. The van der Waals surface area contributed by atoms with Gasteiger partial charge in [-0.15, -0.1) is 0 Å². The van der Waals surface area contributed by atoms with Crippen LogP contribution in [0.1, 0.15) is 18.9 Å². The van der Waals surface area contributed by atoms with E-state index in [2.05, 4.69) is 24.0 Å². The second-order valence-corrected chi connectivity index (χ2v) is 4.06. The average molecular weight is 218 g/mol. The molecule has 16 heavy (non-hydrogen) atoms. The first-order valence-corrected chi connectivity index (χ1v) is 5.80. The van der Waals surface area contributed by atoms with Crippen LogP contribution in [-0.4, -0.2) is 28.3 Å². The molecule has 0 aliphatic carbocycles. The highest BCUT2D eigenvalue weighted by Crippen LogP contribution is 2.18. The summed E-state index contributed by atoms with van der Waals surface area (Å²) in [7, 11) is 0. The molecule has 86 valence electrons. The van der Waals surface area contributed by atoms with Gasteiger partial charge in [0.05, 0.1) is 0 Å². The number of H-pyrrole nitrogens is 1. The quantitative estimate of drug-likeness (QED) is 0.757. The van der Waals surface area contributed by atoms with Crippen molar-refractivity contribution in [2.75, 3.05) is 13.1 Å². The number of rotatable bonds is 5. The Balaban J connectivity index is 2.04. The highest BCUT2D eigenvalue weighted by atomic mass is 16.5. The van der Waals surface area contributed by atoms with Gasteiger partial charge in [-0.05, 0) is 24.5 Å². The second-order valence-electron chi connectivity index (χ2n) is 4.06. The van der Waals surface area contributed by atoms with Gasteiger partial charge in [-0.25, -0.2) is 0 Å². The molecule has 3 heteroatoms. The van der Waals surface area contributed by atoms with E-state index in [1.165, 1.54) is 16.0 Å². The van der Waals surface area contributed by atoms with Crippen LogP contribution < -0.4 is 0 Å². The van der Waals surface area contributed by atoms with E-state index in [9.17, 15) is 5.21 Å². The normalized spacial score (nSPS) is 11.4. The number of aromatic amines is 1. The van der Waals surface area contributed by atoms with Crippen molar-refractivity contribution in [3.63, 3.8) is 0 Å². The van der Waals surface area contributed by atoms with Crippen LogP contribution >= 0.6 is 0 Å². The number of benzene rings is 1. The minimum absolute atomic E-state index is 0.690. The topological polar surface area (TPSA) is 39.3 Å². The first-order chi connectivity index (χ1) is 7.81. The van der Waals surface area contributed by atoms with Gasteiger partial charge >= 0.3 is 0 Å². The van der Waals surface area contributed by atoms with E-state index in [1.54, 1.807) is 0 Å². The van der Waals surface area contributed by atoms with Crippen molar-refractivity contribution in [2.45, 2.75) is 19.8 Å². The summed E-state index contributed by atoms with van der Waals surface area (Å²) in [5, 5.41) is 12.2. The third kappa shape index (κ3) is 2.43. The van der Waals surface area contributed by atoms with Crippen molar-refractivity contribution >= 4 is 10.9 Å². The summed E-state index contributed by atoms with van der Waals surface area (Å²) in [6.07, 6.45) is 3.88. The van der Waals surface area contributed by atoms with E-state index in [-0.39, 0.29) is 0 Å². The smallest absolute Gasteiger partial charge is 0.0456 e. The number of para-hydroxylation sites is 1. The number of nitrogens with zero attached hydrogens (tertiary/aromatic N) is 1. The van der Waals surface area contributed by atoms with E-state index < -0.39 is 0 Å². The van der Waals surface area contributed by atoms with Crippen LogP contribution in [0.25, 0.3) is 10.9 Å². The monoisotopic (exact) mass is 218 g/mol. The highest BCUT2D eigenvalue weighted by molar-refractivity contribution is 5.83. The van der Waals surface area contributed by atoms with Crippen molar-refractivity contribution in [1.29, 1.82) is 0 Å². The Bertz CT molecular complexity index is 450. The molecule has 3 nitrogen and oxygen atoms in total. The molecule has 0 unspecified atom stereocenters. The third-order valence-electron chi connectivity index (χ3n) is 2.80. The predicted octanol–water partition coefficient (Wildman–Crippen LogP) is 2.81. The van der Waals surface area contributed by atoms with Crippen molar-refractivity contribution in [3.05, 3.63) is 36.0 Å². The number of nitrogens with one attached hydrogen (secondary N) is 1. The first-order valence-electron chi connectivity index (χ1n) is 5.80. The third-order valence-corrected chi connectivity index (χ3v) is 2.80. The van der Waals surface area contributed by atoms with Gasteiger partial charge in [0.1, 0.15) is 0 Å². The Hall–Kier alpha value is -1.32. The molecule has 0 aliphatic heterocycles. The molecule has 1 aromatic heterocycles. The van der Waals surface area contributed by atoms with Gasteiger partial charge in [-0.1, -0.05) is 25.1 Å². The summed E-state index contributed by atoms with van der Waals surface area (Å²) in [5.41, 5.74) is 2.43. The molecular formula is C13H18N2O. The van der Waals surface area contributed by atoms with Crippen molar-refractivity contribution in [2.24, 2.45) is 0 Å². The molecule has 0 amide bonds. The van der Waals surface area contributed by atoms with E-state index in [0.29, 0.717) is 6.54 Å². The van der Waals surface area contributed by atoms with Gasteiger partial charge in [-0.3, -0.25) is 0 Å². The largest absolute Gasteiger partial charge is 0.361 e. The fraction of sp³-hybridized carbons (Fsp3) is 0.385. The van der Waals surface area contributed by atoms with Gasteiger partial charge < -0.3 is 10.2 Å². The molecule has 0 fully saturated rings. The molecule has 2 aromatic rings. The van der Waals surface area contributed by atoms with Crippen molar-refractivity contribution in [3.8, 4) is 0 Å². The molecule has 0 aliphatic rings. The fourth-order valence-corrected chi connectivity index (χ4v) is 1.96. The zero-order valence-electron chi connectivity index (χ0n) is 9.61. The maximum Gasteiger partial charge on any atom is 0.0456 e. The predicted molar refractivity (Wildman–Crippen MR) is 65.7 cm³/mol. The molecule has 1 aromatic carbocycles. The number of fused-ring (bicyclic) bond motifs is 1. The van der Waals surface area contributed by atoms with Crippen LogP contribution in [0.5, 0.6) is 0 Å². The summed E-state index contributed by atoms with van der Waals surface area (Å²) in [5.74, 6) is 0. The summed E-state index contributed by atoms with van der Waals surface area (Å²) < 4.78 is 0. The molecular weight excluding hydrogens is 200 g/mol. The molecule has 2 N–H and O–H groups in total. The molecule has 0 bridgehead atoms. The zero-order valence-corrected chi connectivity index (χ0v) is 9.61. The number of aromatic nitrogens is 1. The van der Waals surface area contributed by atoms with Crippen molar-refractivity contribution < 1.29 is 5.21 Å². The maximum absolute atomic E-state index is 9.54. The SMILES string of the molecule is CCCN(O)CCc1c[nH]c2ccccc12. The van der Waals surface area contributed by atoms with Crippen LogP contribution in [0.2, 0.25) is 0 Å². The molecule has 0 saturated carbocycles. The van der Waals surface area contributed by atoms with Crippen LogP contribution in [0.3, 0.4) is 0 Å². The van der Waals surface area contributed by atoms with E-state index in [0.717, 1.165) is 24.9 Å². The Morgan fingerprint density at radius 2 is 2.06 bits per heavy atom. The molecule has 0 radical (unpaired) electrons. The zero-order chi connectivity index (χ0) is 11.4. The van der Waals surface area contributed by atoms with Gasteiger partial charge in [-0.2, -0.15) is 5.06 Å². The van der Waals surface area contributed by atoms with Gasteiger partial charge in [0.15, 0.2) is 0 Å². The molecule has 1 heterocycles. The van der Waals surface area contributed by atoms with Crippen LogP contribution in [-0.2, 0) is 6.42 Å². The molecule has 2 rings (SSSR count). The minimum atomic E-state index is 0.690. The van der Waals surface area contributed by atoms with E-state index >= 15 is 0 Å². The molecule has 0 atom stereocenters. The van der Waals surface area contributed by atoms with Crippen LogP contribution in [0, 0.1) is 0 Å². The highest BCUT2D eigenvalue weighted by Gasteiger charge is 2.04. The number of hydrogen-bond donors (Lipinski definition) is 2. The lowest BCUT2D eigenvalue weighted by molar-refractivity contribution is -0.0892. The number of hydroxylamine groups is 2. The fourth-order valence-electron chi connectivity index (χ4n) is 1.96. The maximum atomic E-state index is 9.54. The lowest BCUT2D eigenvalue weighted by atomic mass is 10.1. The van der Waals surface area contributed by atoms with Gasteiger partial charge in [0, 0.05) is 30.2 Å². The van der Waals surface area contributed by atoms with Gasteiger partial charge in [0.25, 0.3) is 0 Å². The van der Waals surface area contributed by atoms with Crippen molar-refractivity contribution in [1.82, 2.24) is 10.0 Å². The molecule has 0 spiro atoms. The van der Waals surface area contributed by atoms with Gasteiger partial charge in [0.2, 0.25) is 0 Å². The summed E-state index contributed by atoms with van der Waals surface area (Å²) in [6.45, 7) is 3.49. The van der Waals surface area contributed by atoms with Crippen LogP contribution in [0.4, 0.5) is 0 Å². The Morgan fingerprint density at radius 1 is 1.25 bits per heavy atom. The van der Waals surface area contributed by atoms with E-state index in [4.69, 9.17) is 0 Å². The van der Waals surface area contributed by atoms with Crippen LogP contribution in [0.15, 0.2) is 30.5 Å². The average Bonchev–Trinajstić information content (AvgIpc) is 2.70. The summed E-state index contributed by atoms with van der Waals surface area (Å²) in [4.78, 5) is 3.24. The first kappa shape index (κ1) is 11.2. The lowest BCUT2D eigenvalue weighted by Crippen LogP contribution is -2.22. The number of hydrogen-bond acceptors (Lipinski definition) is 2. The van der Waals surface area contributed by atoms with E-state index in [1.807, 2.05) is 18.3 Å². The summed E-state index contributed by atoms with van der Waals surface area (Å²) in [6, 6.07) is 8.25. The minimum Gasteiger partial charge on any atom is -0.361 e. The Morgan fingerprint density at radius 3 is 2.88 bits per heavy atom. The lowest BCUT2D eigenvalue weighted by Gasteiger charge is -2.12. The Kier molecular flexibility index (Phi) is 3.59. The summed E-state index contributed by atoms with van der Waals surface area (Å²) >= 11 is 0. The molecule has 0 saturated heterocycles.